The predicted molar refractivity (Wildman–Crippen MR) is 71.8 cm³/mol. The summed E-state index contributed by atoms with van der Waals surface area (Å²) < 4.78 is 18.2. The number of halogens is 2. The van der Waals surface area contributed by atoms with Gasteiger partial charge in [-0.05, 0) is 30.7 Å². The molecule has 0 bridgehead atoms. The molecule has 0 saturated heterocycles. The van der Waals surface area contributed by atoms with E-state index < -0.39 is 17.7 Å². The number of carbonyl (C=O) groups is 1. The van der Waals surface area contributed by atoms with Crippen molar-refractivity contribution in [1.82, 2.24) is 4.98 Å². The molecule has 1 aromatic heterocycles. The van der Waals surface area contributed by atoms with Gasteiger partial charge in [-0.25, -0.2) is 9.37 Å². The lowest BCUT2D eigenvalue weighted by molar-refractivity contribution is -0.138. The van der Waals surface area contributed by atoms with Gasteiger partial charge >= 0.3 is 5.97 Å². The Morgan fingerprint density at radius 2 is 2.05 bits per heavy atom. The molecule has 1 N–H and O–H groups in total. The third-order valence-electron chi connectivity index (χ3n) is 2.74. The number of rotatable bonds is 4. The summed E-state index contributed by atoms with van der Waals surface area (Å²) in [5, 5.41) is 8.97. The van der Waals surface area contributed by atoms with Crippen LogP contribution in [0.15, 0.2) is 36.5 Å². The first-order valence-electron chi connectivity index (χ1n) is 5.79. The van der Waals surface area contributed by atoms with Crippen molar-refractivity contribution in [3.05, 3.63) is 52.9 Å². The van der Waals surface area contributed by atoms with Crippen molar-refractivity contribution < 1.29 is 19.0 Å². The second-order valence-electron chi connectivity index (χ2n) is 4.17. The third-order valence-corrected chi connectivity index (χ3v) is 3.01. The van der Waals surface area contributed by atoms with Gasteiger partial charge in [0.2, 0.25) is 5.88 Å². The molecule has 104 valence electrons. The number of aliphatic carboxylic acids is 1. The highest BCUT2D eigenvalue weighted by molar-refractivity contribution is 6.31. The molecule has 1 atom stereocenters. The Morgan fingerprint density at radius 3 is 2.60 bits per heavy atom. The zero-order valence-corrected chi connectivity index (χ0v) is 11.3. The average Bonchev–Trinajstić information content (AvgIpc) is 2.42. The Kier molecular flexibility index (Phi) is 4.20. The standard InChI is InChI=1S/C14H11ClFNO3/c1-8(14(18)19)9-2-4-11(5-3-9)20-13-12(15)6-10(16)7-17-13/h2-8H,1H3,(H,18,19)/t8-/m1/s1. The maximum Gasteiger partial charge on any atom is 0.310 e. The van der Waals surface area contributed by atoms with Gasteiger partial charge in [0, 0.05) is 0 Å². The molecule has 1 heterocycles. The van der Waals surface area contributed by atoms with Gasteiger partial charge in [0.15, 0.2) is 0 Å². The fraction of sp³-hybridized carbons (Fsp3) is 0.143. The zero-order chi connectivity index (χ0) is 14.7. The molecule has 20 heavy (non-hydrogen) atoms. The van der Waals surface area contributed by atoms with Crippen LogP contribution in [0.5, 0.6) is 11.6 Å². The predicted octanol–water partition coefficient (Wildman–Crippen LogP) is 3.85. The summed E-state index contributed by atoms with van der Waals surface area (Å²) in [5.74, 6) is -1.52. The lowest BCUT2D eigenvalue weighted by atomic mass is 10.0. The van der Waals surface area contributed by atoms with Gasteiger partial charge in [-0.15, -0.1) is 0 Å². The van der Waals surface area contributed by atoms with Crippen LogP contribution in [0.1, 0.15) is 18.4 Å². The van der Waals surface area contributed by atoms with Gasteiger partial charge in [-0.1, -0.05) is 23.7 Å². The van der Waals surface area contributed by atoms with Crippen molar-refractivity contribution in [3.63, 3.8) is 0 Å². The fourth-order valence-corrected chi connectivity index (χ4v) is 1.75. The first-order valence-corrected chi connectivity index (χ1v) is 6.17. The van der Waals surface area contributed by atoms with E-state index >= 15 is 0 Å². The van der Waals surface area contributed by atoms with Gasteiger partial charge in [0.25, 0.3) is 0 Å². The van der Waals surface area contributed by atoms with Crippen LogP contribution in [0.2, 0.25) is 5.02 Å². The van der Waals surface area contributed by atoms with E-state index in [1.54, 1.807) is 31.2 Å². The van der Waals surface area contributed by atoms with E-state index in [0.29, 0.717) is 11.3 Å². The fourth-order valence-electron chi connectivity index (χ4n) is 1.56. The molecular formula is C14H11ClFNO3. The van der Waals surface area contributed by atoms with Crippen molar-refractivity contribution >= 4 is 17.6 Å². The number of hydrogen-bond acceptors (Lipinski definition) is 3. The molecule has 0 radical (unpaired) electrons. The zero-order valence-electron chi connectivity index (χ0n) is 10.5. The molecule has 0 aliphatic rings. The van der Waals surface area contributed by atoms with Crippen molar-refractivity contribution in [2.24, 2.45) is 0 Å². The summed E-state index contributed by atoms with van der Waals surface area (Å²) in [7, 11) is 0. The van der Waals surface area contributed by atoms with Crippen molar-refractivity contribution in [1.29, 1.82) is 0 Å². The van der Waals surface area contributed by atoms with E-state index in [2.05, 4.69) is 4.98 Å². The Balaban J connectivity index is 2.16. The number of benzene rings is 1. The highest BCUT2D eigenvalue weighted by atomic mass is 35.5. The maximum absolute atomic E-state index is 12.8. The molecule has 0 amide bonds. The number of pyridine rings is 1. The summed E-state index contributed by atoms with van der Waals surface area (Å²) >= 11 is 5.80. The summed E-state index contributed by atoms with van der Waals surface area (Å²) in [5.41, 5.74) is 0.656. The van der Waals surface area contributed by atoms with E-state index in [1.807, 2.05) is 0 Å². The number of hydrogen-bond donors (Lipinski definition) is 1. The minimum absolute atomic E-state index is 0.0629. The Morgan fingerprint density at radius 1 is 1.40 bits per heavy atom. The van der Waals surface area contributed by atoms with E-state index in [4.69, 9.17) is 21.4 Å². The summed E-state index contributed by atoms with van der Waals surface area (Å²) in [6.45, 7) is 1.59. The van der Waals surface area contributed by atoms with Crippen molar-refractivity contribution in [2.75, 3.05) is 0 Å². The van der Waals surface area contributed by atoms with Gasteiger partial charge in [0.1, 0.15) is 16.6 Å². The Bertz CT molecular complexity index is 631. The van der Waals surface area contributed by atoms with Gasteiger partial charge in [0.05, 0.1) is 12.1 Å². The summed E-state index contributed by atoms with van der Waals surface area (Å²) in [4.78, 5) is 14.6. The number of nitrogens with zero attached hydrogens (tertiary/aromatic N) is 1. The smallest absolute Gasteiger partial charge is 0.310 e. The van der Waals surface area contributed by atoms with Crippen LogP contribution >= 0.6 is 11.6 Å². The third kappa shape index (κ3) is 3.24. The van der Waals surface area contributed by atoms with E-state index in [0.717, 1.165) is 12.3 Å². The second-order valence-corrected chi connectivity index (χ2v) is 4.58. The number of carboxylic acids is 1. The monoisotopic (exact) mass is 295 g/mol. The lowest BCUT2D eigenvalue weighted by Crippen LogP contribution is -2.06. The molecule has 4 nitrogen and oxygen atoms in total. The van der Waals surface area contributed by atoms with Crippen LogP contribution in [-0.4, -0.2) is 16.1 Å². The Labute approximate surface area is 119 Å². The van der Waals surface area contributed by atoms with Gasteiger partial charge in [-0.2, -0.15) is 0 Å². The van der Waals surface area contributed by atoms with Crippen molar-refractivity contribution in [3.8, 4) is 11.6 Å². The molecule has 0 aliphatic carbocycles. The number of aromatic nitrogens is 1. The highest BCUT2D eigenvalue weighted by Gasteiger charge is 2.13. The molecule has 2 aromatic rings. The summed E-state index contributed by atoms with van der Waals surface area (Å²) in [6, 6.07) is 7.61. The topological polar surface area (TPSA) is 59.4 Å². The normalized spacial score (nSPS) is 11.9. The molecule has 1 aromatic carbocycles. The van der Waals surface area contributed by atoms with E-state index in [-0.39, 0.29) is 10.9 Å². The largest absolute Gasteiger partial charge is 0.481 e. The van der Waals surface area contributed by atoms with E-state index in [1.165, 1.54) is 0 Å². The minimum atomic E-state index is -0.901. The molecule has 0 unspecified atom stereocenters. The van der Waals surface area contributed by atoms with Crippen LogP contribution in [0.4, 0.5) is 4.39 Å². The van der Waals surface area contributed by atoms with Crippen LogP contribution < -0.4 is 4.74 Å². The molecular weight excluding hydrogens is 285 g/mol. The van der Waals surface area contributed by atoms with Gasteiger partial charge in [-0.3, -0.25) is 4.79 Å². The average molecular weight is 296 g/mol. The van der Waals surface area contributed by atoms with Crippen LogP contribution in [0, 0.1) is 5.82 Å². The molecule has 2 rings (SSSR count). The quantitative estimate of drug-likeness (QED) is 0.930. The first-order chi connectivity index (χ1) is 9.47. The number of ether oxygens (including phenoxy) is 1. The lowest BCUT2D eigenvalue weighted by Gasteiger charge is -2.09. The Hall–Kier alpha value is -2.14. The molecule has 0 aliphatic heterocycles. The molecule has 0 fully saturated rings. The number of carboxylic acid groups (broad SMARTS) is 1. The van der Waals surface area contributed by atoms with Crippen molar-refractivity contribution in [2.45, 2.75) is 12.8 Å². The van der Waals surface area contributed by atoms with Crippen LogP contribution in [-0.2, 0) is 4.79 Å². The molecule has 0 saturated carbocycles. The molecule has 0 spiro atoms. The minimum Gasteiger partial charge on any atom is -0.481 e. The van der Waals surface area contributed by atoms with Gasteiger partial charge < -0.3 is 9.84 Å². The van der Waals surface area contributed by atoms with Crippen LogP contribution in [0.3, 0.4) is 0 Å². The van der Waals surface area contributed by atoms with E-state index in [9.17, 15) is 9.18 Å². The highest BCUT2D eigenvalue weighted by Crippen LogP contribution is 2.28. The van der Waals surface area contributed by atoms with Crippen LogP contribution in [0.25, 0.3) is 0 Å². The maximum atomic E-state index is 12.8. The molecule has 6 heteroatoms. The SMILES string of the molecule is C[C@@H](C(=O)O)c1ccc(Oc2ncc(F)cc2Cl)cc1. The summed E-state index contributed by atoms with van der Waals surface area (Å²) in [6.07, 6.45) is 1.00. The first kappa shape index (κ1) is 14.3. The second kappa shape index (κ2) is 5.88.